The van der Waals surface area contributed by atoms with Crippen LogP contribution in [0.15, 0.2) is 15.9 Å². The molecule has 2 amide bonds. The number of urea groups is 1. The Kier molecular flexibility index (Phi) is 3.11. The lowest BCUT2D eigenvalue weighted by molar-refractivity contribution is 0.0698. The number of carboxylic acids is 1. The minimum atomic E-state index is -1.10. The van der Waals surface area contributed by atoms with E-state index >= 15 is 0 Å². The number of carboxylic acid groups (broad SMARTS) is 1. The molecule has 1 fully saturated rings. The third-order valence-corrected chi connectivity index (χ3v) is 3.54. The van der Waals surface area contributed by atoms with Crippen molar-refractivity contribution >= 4 is 34.4 Å². The van der Waals surface area contributed by atoms with Gasteiger partial charge in [-0.05, 0) is 24.3 Å². The summed E-state index contributed by atoms with van der Waals surface area (Å²) in [5, 5.41) is 23.1. The molecule has 0 unspecified atom stereocenters. The number of nitrogens with one attached hydrogen (secondary N) is 2. The fraction of sp³-hybridized carbons (Fsp3) is 0.273. The van der Waals surface area contributed by atoms with Crippen molar-refractivity contribution in [1.29, 1.82) is 0 Å². The van der Waals surface area contributed by atoms with E-state index < -0.39 is 12.0 Å². The Morgan fingerprint density at radius 3 is 2.85 bits per heavy atom. The Morgan fingerprint density at radius 2 is 2.15 bits per heavy atom. The number of thiophene rings is 1. The van der Waals surface area contributed by atoms with Gasteiger partial charge in [0.15, 0.2) is 0 Å². The second-order valence-electron chi connectivity index (χ2n) is 4.27. The van der Waals surface area contributed by atoms with Gasteiger partial charge >= 0.3 is 18.0 Å². The average Bonchev–Trinajstić information content (AvgIpc) is 2.96. The Bertz CT molecular complexity index is 661. The molecular formula is C11H10N4O4S. The maximum absolute atomic E-state index is 11.7. The van der Waals surface area contributed by atoms with Gasteiger partial charge in [-0.1, -0.05) is 5.10 Å². The summed E-state index contributed by atoms with van der Waals surface area (Å²) in [6.45, 7) is 0. The van der Waals surface area contributed by atoms with Crippen LogP contribution in [0.25, 0.3) is 0 Å². The molecule has 2 aromatic heterocycles. The molecule has 0 spiro atoms. The highest BCUT2D eigenvalue weighted by Crippen LogP contribution is 2.39. The molecule has 20 heavy (non-hydrogen) atoms. The van der Waals surface area contributed by atoms with Crippen molar-refractivity contribution in [2.24, 2.45) is 0 Å². The second kappa shape index (κ2) is 4.93. The van der Waals surface area contributed by atoms with Crippen LogP contribution in [-0.2, 0) is 0 Å². The number of aromatic carboxylic acids is 1. The predicted octanol–water partition coefficient (Wildman–Crippen LogP) is 2.35. The highest BCUT2D eigenvalue weighted by Gasteiger charge is 2.29. The summed E-state index contributed by atoms with van der Waals surface area (Å²) in [5.41, 5.74) is 0.0364. The van der Waals surface area contributed by atoms with Crippen LogP contribution in [0, 0.1) is 0 Å². The van der Waals surface area contributed by atoms with Crippen molar-refractivity contribution in [3.63, 3.8) is 0 Å². The van der Waals surface area contributed by atoms with E-state index in [1.807, 2.05) is 0 Å². The van der Waals surface area contributed by atoms with E-state index in [1.54, 1.807) is 5.38 Å². The molecule has 0 aromatic carbocycles. The normalized spacial score (nSPS) is 14.0. The Morgan fingerprint density at radius 1 is 1.35 bits per heavy atom. The van der Waals surface area contributed by atoms with E-state index in [9.17, 15) is 9.59 Å². The summed E-state index contributed by atoms with van der Waals surface area (Å²) in [6.07, 6.45) is 2.04. The molecule has 0 aliphatic heterocycles. The number of amides is 2. The summed E-state index contributed by atoms with van der Waals surface area (Å²) in [5.74, 6) is -0.282. The molecule has 2 heterocycles. The fourth-order valence-electron chi connectivity index (χ4n) is 1.59. The van der Waals surface area contributed by atoms with Crippen LogP contribution in [0.1, 0.15) is 35.0 Å². The van der Waals surface area contributed by atoms with Crippen LogP contribution in [0.2, 0.25) is 0 Å². The molecule has 0 atom stereocenters. The summed E-state index contributed by atoms with van der Waals surface area (Å²) in [7, 11) is 0. The standard InChI is InChI=1S/C11H10N4O4S/c16-9(17)6-3-4-20-8(6)12-10(18)13-11-15-14-7(19-11)5-1-2-5/h3-5H,1-2H2,(H,16,17)(H2,12,13,15,18). The minimum Gasteiger partial charge on any atom is -0.478 e. The number of carbonyl (C=O) groups excluding carboxylic acids is 1. The maximum atomic E-state index is 11.7. The van der Waals surface area contributed by atoms with Crippen molar-refractivity contribution in [2.75, 3.05) is 10.6 Å². The van der Waals surface area contributed by atoms with Crippen LogP contribution >= 0.6 is 11.3 Å². The highest BCUT2D eigenvalue weighted by atomic mass is 32.1. The fourth-order valence-corrected chi connectivity index (χ4v) is 2.36. The molecule has 8 nitrogen and oxygen atoms in total. The second-order valence-corrected chi connectivity index (χ2v) is 5.18. The molecule has 3 N–H and O–H groups in total. The van der Waals surface area contributed by atoms with Crippen LogP contribution in [-0.4, -0.2) is 27.3 Å². The SMILES string of the molecule is O=C(Nc1nnc(C2CC2)o1)Nc1sccc1C(=O)O. The summed E-state index contributed by atoms with van der Waals surface area (Å²) in [6, 6.07) is 0.791. The van der Waals surface area contributed by atoms with Crippen LogP contribution < -0.4 is 10.6 Å². The number of rotatable bonds is 4. The number of nitrogens with zero attached hydrogens (tertiary/aromatic N) is 2. The van der Waals surface area contributed by atoms with E-state index in [4.69, 9.17) is 9.52 Å². The van der Waals surface area contributed by atoms with E-state index in [1.165, 1.54) is 6.07 Å². The first-order valence-corrected chi connectivity index (χ1v) is 6.73. The van der Waals surface area contributed by atoms with Crippen molar-refractivity contribution < 1.29 is 19.1 Å². The van der Waals surface area contributed by atoms with Gasteiger partial charge in [-0.25, -0.2) is 9.59 Å². The molecule has 1 aliphatic carbocycles. The number of anilines is 2. The number of carbonyl (C=O) groups is 2. The molecule has 9 heteroatoms. The Balaban J connectivity index is 1.63. The molecule has 0 saturated heterocycles. The van der Waals surface area contributed by atoms with E-state index in [0.29, 0.717) is 11.8 Å². The van der Waals surface area contributed by atoms with Crippen molar-refractivity contribution in [1.82, 2.24) is 10.2 Å². The van der Waals surface area contributed by atoms with Crippen LogP contribution in [0.5, 0.6) is 0 Å². The third kappa shape index (κ3) is 2.62. The average molecular weight is 294 g/mol. The van der Waals surface area contributed by atoms with Crippen molar-refractivity contribution in [2.45, 2.75) is 18.8 Å². The lowest BCUT2D eigenvalue weighted by Gasteiger charge is -2.03. The van der Waals surface area contributed by atoms with Gasteiger partial charge in [-0.3, -0.25) is 10.6 Å². The molecule has 0 bridgehead atoms. The maximum Gasteiger partial charge on any atom is 0.338 e. The van der Waals surface area contributed by atoms with Crippen LogP contribution in [0.4, 0.5) is 15.8 Å². The topological polar surface area (TPSA) is 117 Å². The van der Waals surface area contributed by atoms with Gasteiger partial charge in [0, 0.05) is 5.92 Å². The lowest BCUT2D eigenvalue weighted by Crippen LogP contribution is -2.20. The van der Waals surface area contributed by atoms with Gasteiger partial charge in [-0.2, -0.15) is 0 Å². The Labute approximate surface area is 116 Å². The van der Waals surface area contributed by atoms with Gasteiger partial charge in [-0.15, -0.1) is 16.4 Å². The smallest absolute Gasteiger partial charge is 0.338 e. The molecule has 104 valence electrons. The zero-order valence-electron chi connectivity index (χ0n) is 10.1. The van der Waals surface area contributed by atoms with E-state index in [-0.39, 0.29) is 16.6 Å². The quantitative estimate of drug-likeness (QED) is 0.796. The zero-order valence-corrected chi connectivity index (χ0v) is 10.9. The van der Waals surface area contributed by atoms with Crippen LogP contribution in [0.3, 0.4) is 0 Å². The molecule has 2 aromatic rings. The first kappa shape index (κ1) is 12.6. The van der Waals surface area contributed by atoms with Gasteiger partial charge < -0.3 is 9.52 Å². The zero-order chi connectivity index (χ0) is 14.1. The van der Waals surface area contributed by atoms with Crippen molar-refractivity contribution in [3.05, 3.63) is 22.9 Å². The van der Waals surface area contributed by atoms with Gasteiger partial charge in [0.2, 0.25) is 5.89 Å². The molecule has 1 aliphatic rings. The first-order valence-electron chi connectivity index (χ1n) is 5.85. The first-order chi connectivity index (χ1) is 9.63. The number of hydrogen-bond donors (Lipinski definition) is 3. The van der Waals surface area contributed by atoms with E-state index in [0.717, 1.165) is 24.2 Å². The number of aromatic nitrogens is 2. The van der Waals surface area contributed by atoms with Crippen molar-refractivity contribution in [3.8, 4) is 0 Å². The summed E-state index contributed by atoms with van der Waals surface area (Å²) < 4.78 is 5.27. The molecule has 1 saturated carbocycles. The minimum absolute atomic E-state index is 0.00201. The van der Waals surface area contributed by atoms with Gasteiger partial charge in [0.05, 0.1) is 5.56 Å². The molecule has 3 rings (SSSR count). The number of hydrogen-bond acceptors (Lipinski definition) is 6. The summed E-state index contributed by atoms with van der Waals surface area (Å²) in [4.78, 5) is 22.6. The third-order valence-electron chi connectivity index (χ3n) is 2.71. The van der Waals surface area contributed by atoms with Gasteiger partial charge in [0.1, 0.15) is 5.00 Å². The Hall–Kier alpha value is -2.42. The largest absolute Gasteiger partial charge is 0.478 e. The summed E-state index contributed by atoms with van der Waals surface area (Å²) >= 11 is 1.12. The predicted molar refractivity (Wildman–Crippen MR) is 70.2 cm³/mol. The molecular weight excluding hydrogens is 284 g/mol. The lowest BCUT2D eigenvalue weighted by atomic mass is 10.3. The monoisotopic (exact) mass is 294 g/mol. The molecule has 0 radical (unpaired) electrons. The highest BCUT2D eigenvalue weighted by molar-refractivity contribution is 7.14. The van der Waals surface area contributed by atoms with E-state index in [2.05, 4.69) is 20.8 Å². The van der Waals surface area contributed by atoms with Gasteiger partial charge in [0.25, 0.3) is 0 Å².